The third-order valence-corrected chi connectivity index (χ3v) is 6.42. The summed E-state index contributed by atoms with van der Waals surface area (Å²) in [5, 5.41) is 0. The summed E-state index contributed by atoms with van der Waals surface area (Å²) in [6.07, 6.45) is 1.01. The Morgan fingerprint density at radius 3 is 1.81 bits per heavy atom. The summed E-state index contributed by atoms with van der Waals surface area (Å²) in [6.45, 7) is 0. The Bertz CT molecular complexity index is 1170. The summed E-state index contributed by atoms with van der Waals surface area (Å²) in [7, 11) is 2.21. The van der Waals surface area contributed by atoms with Crippen molar-refractivity contribution in [1.82, 2.24) is 0 Å². The van der Waals surface area contributed by atoms with Gasteiger partial charge < -0.3 is 0 Å². The van der Waals surface area contributed by atoms with E-state index < -0.39 is 0 Å². The molecule has 0 amide bonds. The van der Waals surface area contributed by atoms with Crippen molar-refractivity contribution in [3.05, 3.63) is 124 Å². The number of hydrogen-bond acceptors (Lipinski definition) is 0. The van der Waals surface area contributed by atoms with Crippen LogP contribution >= 0.6 is 0 Å². The van der Waals surface area contributed by atoms with Gasteiger partial charge in [-0.3, -0.25) is 0 Å². The minimum Gasteiger partial charge on any atom is -0.0886 e. The highest BCUT2D eigenvalue weighted by Crippen LogP contribution is 2.58. The number of fused-ring (bicyclic) bond motifs is 9. The van der Waals surface area contributed by atoms with E-state index in [0.717, 1.165) is 6.42 Å². The maximum Gasteiger partial charge on any atom is 0.139 e. The minimum atomic E-state index is -0.205. The zero-order valence-corrected chi connectivity index (χ0v) is 15.4. The van der Waals surface area contributed by atoms with Gasteiger partial charge in [-0.05, 0) is 50.9 Å². The highest BCUT2D eigenvalue weighted by atomic mass is 14.5. The maximum absolute atomic E-state index is 2.41. The quantitative estimate of drug-likeness (QED) is 0.363. The second-order valence-corrected chi connectivity index (χ2v) is 7.84. The van der Waals surface area contributed by atoms with Crippen LogP contribution in [0, 0.1) is 0 Å². The first kappa shape index (κ1) is 15.0. The zero-order valence-electron chi connectivity index (χ0n) is 15.4. The van der Waals surface area contributed by atoms with Gasteiger partial charge in [0.2, 0.25) is 0 Å². The van der Waals surface area contributed by atoms with E-state index in [-0.39, 0.29) is 5.41 Å². The molecule has 0 saturated heterocycles. The summed E-state index contributed by atoms with van der Waals surface area (Å²) < 4.78 is 0. The lowest BCUT2D eigenvalue weighted by atomic mass is 9.61. The SMILES string of the molecule is Bc1ccc2c(c1)C1(c3ccccc3Cc3ccccc31)c1ccccc1-2. The van der Waals surface area contributed by atoms with E-state index in [9.17, 15) is 0 Å². The van der Waals surface area contributed by atoms with Gasteiger partial charge in [-0.1, -0.05) is 96.5 Å². The minimum absolute atomic E-state index is 0.205. The van der Waals surface area contributed by atoms with Gasteiger partial charge in [-0.15, -0.1) is 0 Å². The van der Waals surface area contributed by atoms with E-state index >= 15 is 0 Å². The van der Waals surface area contributed by atoms with Crippen LogP contribution < -0.4 is 5.46 Å². The molecule has 0 heterocycles. The Kier molecular flexibility index (Phi) is 2.92. The predicted octanol–water partition coefficient (Wildman–Crippen LogP) is 4.21. The molecule has 0 saturated carbocycles. The Morgan fingerprint density at radius 2 is 1.11 bits per heavy atom. The molecule has 6 rings (SSSR count). The third-order valence-electron chi connectivity index (χ3n) is 6.42. The Labute approximate surface area is 160 Å². The second kappa shape index (κ2) is 5.23. The number of hydrogen-bond donors (Lipinski definition) is 0. The molecule has 0 aliphatic heterocycles. The van der Waals surface area contributed by atoms with Gasteiger partial charge >= 0.3 is 0 Å². The van der Waals surface area contributed by atoms with Crippen LogP contribution in [0.15, 0.2) is 91.0 Å². The standard InChI is InChI=1S/C26H19B/c27-19-13-14-21-20-9-3-6-12-24(20)26(25(21)16-19)22-10-4-1-7-17(22)15-18-8-2-5-11-23(18)26/h1-14,16H,15,27H2. The van der Waals surface area contributed by atoms with E-state index in [0.29, 0.717) is 0 Å². The lowest BCUT2D eigenvalue weighted by Crippen LogP contribution is -2.34. The molecule has 1 heteroatoms. The van der Waals surface area contributed by atoms with Crippen molar-refractivity contribution < 1.29 is 0 Å². The fraction of sp³-hybridized carbons (Fsp3) is 0.0769. The van der Waals surface area contributed by atoms with E-state index in [1.165, 1.54) is 50.0 Å². The molecule has 0 atom stereocenters. The van der Waals surface area contributed by atoms with Crippen LogP contribution in [0.5, 0.6) is 0 Å². The molecular formula is C26H19B. The van der Waals surface area contributed by atoms with Crippen molar-refractivity contribution in [3.8, 4) is 11.1 Å². The van der Waals surface area contributed by atoms with Gasteiger partial charge in [0.25, 0.3) is 0 Å². The molecule has 0 radical (unpaired) electrons. The molecule has 0 N–H and O–H groups in total. The molecule has 0 bridgehead atoms. The first-order chi connectivity index (χ1) is 13.3. The molecule has 126 valence electrons. The normalized spacial score (nSPS) is 15.0. The van der Waals surface area contributed by atoms with Gasteiger partial charge in [0.15, 0.2) is 0 Å². The number of rotatable bonds is 0. The van der Waals surface area contributed by atoms with Gasteiger partial charge in [-0.25, -0.2) is 0 Å². The zero-order chi connectivity index (χ0) is 18.0. The Morgan fingerprint density at radius 1 is 0.556 bits per heavy atom. The fourth-order valence-electron chi connectivity index (χ4n) is 5.40. The first-order valence-electron chi connectivity index (χ1n) is 9.68. The van der Waals surface area contributed by atoms with Crippen LogP contribution in [0.2, 0.25) is 0 Å². The average Bonchev–Trinajstić information content (AvgIpc) is 2.99. The summed E-state index contributed by atoms with van der Waals surface area (Å²) in [5.74, 6) is 0. The fourth-order valence-corrected chi connectivity index (χ4v) is 5.40. The van der Waals surface area contributed by atoms with Crippen LogP contribution in [-0.2, 0) is 11.8 Å². The van der Waals surface area contributed by atoms with Gasteiger partial charge in [0, 0.05) is 0 Å². The highest BCUT2D eigenvalue weighted by Gasteiger charge is 2.49. The predicted molar refractivity (Wildman–Crippen MR) is 115 cm³/mol. The molecule has 1 spiro atoms. The summed E-state index contributed by atoms with van der Waals surface area (Å²) in [5.41, 5.74) is 12.5. The second-order valence-electron chi connectivity index (χ2n) is 7.84. The molecule has 0 unspecified atom stereocenters. The summed E-state index contributed by atoms with van der Waals surface area (Å²) >= 11 is 0. The maximum atomic E-state index is 2.41. The van der Waals surface area contributed by atoms with Crippen molar-refractivity contribution in [2.45, 2.75) is 11.8 Å². The van der Waals surface area contributed by atoms with Crippen LogP contribution in [-0.4, -0.2) is 7.85 Å². The van der Waals surface area contributed by atoms with Crippen LogP contribution in [0.3, 0.4) is 0 Å². The van der Waals surface area contributed by atoms with Crippen LogP contribution in [0.25, 0.3) is 11.1 Å². The van der Waals surface area contributed by atoms with Crippen molar-refractivity contribution >= 4 is 13.3 Å². The third kappa shape index (κ3) is 1.79. The van der Waals surface area contributed by atoms with E-state index in [2.05, 4.69) is 98.8 Å². The molecule has 27 heavy (non-hydrogen) atoms. The molecular weight excluding hydrogens is 323 g/mol. The van der Waals surface area contributed by atoms with Crippen molar-refractivity contribution in [1.29, 1.82) is 0 Å². The average molecular weight is 342 g/mol. The molecule has 2 aliphatic carbocycles. The van der Waals surface area contributed by atoms with Crippen molar-refractivity contribution in [3.63, 3.8) is 0 Å². The lowest BCUT2D eigenvalue weighted by Gasteiger charge is -2.40. The van der Waals surface area contributed by atoms with E-state index in [4.69, 9.17) is 0 Å². The molecule has 0 fully saturated rings. The van der Waals surface area contributed by atoms with E-state index in [1.54, 1.807) is 0 Å². The first-order valence-corrected chi connectivity index (χ1v) is 9.68. The highest BCUT2D eigenvalue weighted by molar-refractivity contribution is 6.32. The molecule has 0 aromatic heterocycles. The van der Waals surface area contributed by atoms with Gasteiger partial charge in [0.1, 0.15) is 7.85 Å². The van der Waals surface area contributed by atoms with Crippen LogP contribution in [0.4, 0.5) is 0 Å². The largest absolute Gasteiger partial charge is 0.139 e. The van der Waals surface area contributed by atoms with Gasteiger partial charge in [-0.2, -0.15) is 0 Å². The van der Waals surface area contributed by atoms with Gasteiger partial charge in [0.05, 0.1) is 5.41 Å². The lowest BCUT2D eigenvalue weighted by molar-refractivity contribution is 0.722. The molecule has 4 aromatic rings. The Balaban J connectivity index is 1.87. The summed E-state index contributed by atoms with van der Waals surface area (Å²) in [6, 6.07) is 34.0. The van der Waals surface area contributed by atoms with E-state index in [1.807, 2.05) is 0 Å². The molecule has 4 aromatic carbocycles. The number of benzene rings is 4. The molecule has 2 aliphatic rings. The smallest absolute Gasteiger partial charge is 0.0886 e. The Hall–Kier alpha value is -3.06. The van der Waals surface area contributed by atoms with Crippen molar-refractivity contribution in [2.24, 2.45) is 0 Å². The monoisotopic (exact) mass is 342 g/mol. The van der Waals surface area contributed by atoms with Crippen LogP contribution in [0.1, 0.15) is 33.4 Å². The molecule has 0 nitrogen and oxygen atoms in total. The topological polar surface area (TPSA) is 0 Å². The van der Waals surface area contributed by atoms with Crippen molar-refractivity contribution in [2.75, 3.05) is 0 Å². The summed E-state index contributed by atoms with van der Waals surface area (Å²) in [4.78, 5) is 0.